The highest BCUT2D eigenvalue weighted by Gasteiger charge is 2.10. The lowest BCUT2D eigenvalue weighted by Gasteiger charge is -2.06. The third-order valence-corrected chi connectivity index (χ3v) is 3.15. The zero-order chi connectivity index (χ0) is 13.9. The Balaban J connectivity index is 2.05. The van der Waals surface area contributed by atoms with Crippen LogP contribution in [0.2, 0.25) is 0 Å². The second kappa shape index (κ2) is 5.22. The quantitative estimate of drug-likeness (QED) is 0.749. The molecule has 0 bridgehead atoms. The zero-order valence-corrected chi connectivity index (χ0v) is 11.4. The van der Waals surface area contributed by atoms with Crippen molar-refractivity contribution >= 4 is 17.2 Å². The molecule has 3 aromatic rings. The minimum absolute atomic E-state index is 0.261. The lowest BCUT2D eigenvalue weighted by molar-refractivity contribution is 0.871. The predicted molar refractivity (Wildman–Crippen MR) is 82.7 cm³/mol. The molecule has 2 N–H and O–H groups in total. The Labute approximate surface area is 121 Å². The largest absolute Gasteiger partial charge is 0.388 e. The fourth-order valence-corrected chi connectivity index (χ4v) is 2.16. The Morgan fingerprint density at radius 3 is 2.60 bits per heavy atom. The number of thiocarbonyl (C=S) groups is 1. The van der Waals surface area contributed by atoms with Gasteiger partial charge in [-0.05, 0) is 17.7 Å². The predicted octanol–water partition coefficient (Wildman–Crippen LogP) is 2.57. The van der Waals surface area contributed by atoms with Gasteiger partial charge in [0.25, 0.3) is 0 Å². The van der Waals surface area contributed by atoms with Gasteiger partial charge in [-0.3, -0.25) is 4.98 Å². The molecule has 0 saturated heterocycles. The zero-order valence-electron chi connectivity index (χ0n) is 10.6. The molecule has 98 valence electrons. The first-order chi connectivity index (χ1) is 9.75. The van der Waals surface area contributed by atoms with Crippen LogP contribution in [-0.2, 0) is 0 Å². The van der Waals surface area contributed by atoms with E-state index in [4.69, 9.17) is 18.0 Å². The van der Waals surface area contributed by atoms with Crippen molar-refractivity contribution in [3.05, 3.63) is 66.7 Å². The molecular weight excluding hydrogens is 268 g/mol. The molecule has 1 aromatic carbocycles. The first-order valence-electron chi connectivity index (χ1n) is 6.11. The molecule has 3 rings (SSSR count). The van der Waals surface area contributed by atoms with Crippen LogP contribution in [0, 0.1) is 0 Å². The van der Waals surface area contributed by atoms with Crippen LogP contribution in [-0.4, -0.2) is 19.8 Å². The van der Waals surface area contributed by atoms with E-state index in [9.17, 15) is 0 Å². The number of pyridine rings is 1. The maximum atomic E-state index is 5.70. The van der Waals surface area contributed by atoms with Gasteiger partial charge in [0.15, 0.2) is 0 Å². The van der Waals surface area contributed by atoms with E-state index in [1.54, 1.807) is 10.9 Å². The Kier molecular flexibility index (Phi) is 3.26. The average molecular weight is 280 g/mol. The second-order valence-corrected chi connectivity index (χ2v) is 4.71. The summed E-state index contributed by atoms with van der Waals surface area (Å²) in [6, 6.07) is 13.8. The Bertz CT molecular complexity index is 749. The van der Waals surface area contributed by atoms with E-state index >= 15 is 0 Å². The lowest BCUT2D eigenvalue weighted by Crippen LogP contribution is -2.15. The van der Waals surface area contributed by atoms with Gasteiger partial charge < -0.3 is 5.73 Å². The molecule has 0 saturated carbocycles. The van der Waals surface area contributed by atoms with Crippen LogP contribution in [0.15, 0.2) is 61.1 Å². The van der Waals surface area contributed by atoms with Crippen molar-refractivity contribution in [2.24, 2.45) is 5.73 Å². The van der Waals surface area contributed by atoms with Crippen molar-refractivity contribution < 1.29 is 0 Å². The number of benzene rings is 1. The summed E-state index contributed by atoms with van der Waals surface area (Å²) < 4.78 is 1.74. The van der Waals surface area contributed by atoms with Crippen molar-refractivity contribution in [3.8, 4) is 16.8 Å². The van der Waals surface area contributed by atoms with Crippen molar-refractivity contribution in [1.82, 2.24) is 14.8 Å². The molecule has 0 radical (unpaired) electrons. The molecule has 0 unspecified atom stereocenters. The van der Waals surface area contributed by atoms with Crippen LogP contribution in [0.3, 0.4) is 0 Å². The number of aromatic nitrogens is 3. The molecule has 5 heteroatoms. The van der Waals surface area contributed by atoms with Crippen LogP contribution in [0.1, 0.15) is 5.69 Å². The van der Waals surface area contributed by atoms with Gasteiger partial charge >= 0.3 is 0 Å². The minimum atomic E-state index is 0.261. The summed E-state index contributed by atoms with van der Waals surface area (Å²) in [7, 11) is 0. The van der Waals surface area contributed by atoms with Crippen LogP contribution < -0.4 is 5.73 Å². The molecular formula is C15H12N4S. The van der Waals surface area contributed by atoms with Gasteiger partial charge in [0, 0.05) is 18.0 Å². The van der Waals surface area contributed by atoms with Crippen LogP contribution in [0.25, 0.3) is 16.8 Å². The van der Waals surface area contributed by atoms with Gasteiger partial charge in [-0.1, -0.05) is 42.5 Å². The monoisotopic (exact) mass is 280 g/mol. The summed E-state index contributed by atoms with van der Waals surface area (Å²) in [5, 5.41) is 4.37. The van der Waals surface area contributed by atoms with Crippen molar-refractivity contribution in [2.45, 2.75) is 0 Å². The second-order valence-electron chi connectivity index (χ2n) is 4.27. The molecule has 0 aliphatic rings. The molecule has 0 amide bonds. The van der Waals surface area contributed by atoms with E-state index in [0.29, 0.717) is 5.69 Å². The summed E-state index contributed by atoms with van der Waals surface area (Å²) in [6.45, 7) is 0. The molecule has 4 nitrogen and oxygen atoms in total. The first kappa shape index (κ1) is 12.5. The van der Waals surface area contributed by atoms with Crippen LogP contribution in [0.4, 0.5) is 0 Å². The lowest BCUT2D eigenvalue weighted by atomic mass is 10.1. The fraction of sp³-hybridized carbons (Fsp3) is 0. The molecule has 2 heterocycles. The van der Waals surface area contributed by atoms with Gasteiger partial charge in [-0.2, -0.15) is 5.10 Å². The maximum Gasteiger partial charge on any atom is 0.124 e. The third kappa shape index (κ3) is 2.31. The molecule has 0 aliphatic heterocycles. The van der Waals surface area contributed by atoms with E-state index in [-0.39, 0.29) is 4.99 Å². The van der Waals surface area contributed by atoms with E-state index < -0.39 is 0 Å². The van der Waals surface area contributed by atoms with Gasteiger partial charge in [0.05, 0.1) is 11.9 Å². The van der Waals surface area contributed by atoms with Gasteiger partial charge in [-0.15, -0.1) is 0 Å². The third-order valence-electron chi connectivity index (χ3n) is 2.96. The highest BCUT2D eigenvalue weighted by molar-refractivity contribution is 7.80. The molecule has 0 atom stereocenters. The summed E-state index contributed by atoms with van der Waals surface area (Å²) in [5.41, 5.74) is 9.19. The average Bonchev–Trinajstić information content (AvgIpc) is 2.98. The number of nitrogens with zero attached hydrogens (tertiary/aromatic N) is 3. The van der Waals surface area contributed by atoms with Crippen molar-refractivity contribution in [1.29, 1.82) is 0 Å². The summed E-state index contributed by atoms with van der Waals surface area (Å²) >= 11 is 5.02. The van der Waals surface area contributed by atoms with Crippen LogP contribution >= 0.6 is 12.2 Å². The molecule has 20 heavy (non-hydrogen) atoms. The first-order valence-corrected chi connectivity index (χ1v) is 6.52. The molecule has 0 fully saturated rings. The highest BCUT2D eigenvalue weighted by Crippen LogP contribution is 2.20. The number of hydrogen-bond donors (Lipinski definition) is 1. The molecule has 0 aliphatic carbocycles. The van der Waals surface area contributed by atoms with Gasteiger partial charge in [0.1, 0.15) is 10.7 Å². The normalized spacial score (nSPS) is 10.4. The van der Waals surface area contributed by atoms with Crippen LogP contribution in [0.5, 0.6) is 0 Å². The van der Waals surface area contributed by atoms with Crippen molar-refractivity contribution in [2.75, 3.05) is 0 Å². The van der Waals surface area contributed by atoms with E-state index in [2.05, 4.69) is 10.1 Å². The highest BCUT2D eigenvalue weighted by atomic mass is 32.1. The number of rotatable bonds is 3. The Morgan fingerprint density at radius 1 is 1.05 bits per heavy atom. The standard InChI is InChI=1S/C15H12N4S/c16-15(20)14-13(7-4-8-17-14)19-10-12(9-18-19)11-5-2-1-3-6-11/h1-10H,(H2,16,20). The van der Waals surface area contributed by atoms with E-state index in [0.717, 1.165) is 16.8 Å². The summed E-state index contributed by atoms with van der Waals surface area (Å²) in [4.78, 5) is 4.47. The van der Waals surface area contributed by atoms with E-state index in [1.165, 1.54) is 0 Å². The number of nitrogens with two attached hydrogens (primary N) is 1. The molecule has 2 aromatic heterocycles. The minimum Gasteiger partial charge on any atom is -0.388 e. The fourth-order valence-electron chi connectivity index (χ4n) is 2.01. The smallest absolute Gasteiger partial charge is 0.124 e. The topological polar surface area (TPSA) is 56.7 Å². The summed E-state index contributed by atoms with van der Waals surface area (Å²) in [6.07, 6.45) is 5.42. The Morgan fingerprint density at radius 2 is 1.85 bits per heavy atom. The number of hydrogen-bond acceptors (Lipinski definition) is 3. The maximum absolute atomic E-state index is 5.70. The van der Waals surface area contributed by atoms with E-state index in [1.807, 2.05) is 54.9 Å². The molecule has 0 spiro atoms. The van der Waals surface area contributed by atoms with Gasteiger partial charge in [0.2, 0.25) is 0 Å². The SMILES string of the molecule is NC(=S)c1ncccc1-n1cc(-c2ccccc2)cn1. The summed E-state index contributed by atoms with van der Waals surface area (Å²) in [5.74, 6) is 0. The van der Waals surface area contributed by atoms with Gasteiger partial charge in [-0.25, -0.2) is 4.68 Å². The van der Waals surface area contributed by atoms with Crippen molar-refractivity contribution in [3.63, 3.8) is 0 Å². The Hall–Kier alpha value is -2.53.